The number of carbonyl (C=O) groups is 1. The Balaban J connectivity index is 1.40. The van der Waals surface area contributed by atoms with Crippen molar-refractivity contribution < 1.29 is 26.8 Å². The van der Waals surface area contributed by atoms with Crippen molar-refractivity contribution in [2.24, 2.45) is 10.2 Å². The summed E-state index contributed by atoms with van der Waals surface area (Å²) in [5, 5.41) is 10.3. The van der Waals surface area contributed by atoms with Crippen molar-refractivity contribution in [1.29, 1.82) is 0 Å². The number of thioether (sulfide) groups is 1. The zero-order valence-electron chi connectivity index (χ0n) is 16.3. The van der Waals surface area contributed by atoms with Crippen LogP contribution in [0.25, 0.3) is 11.3 Å². The van der Waals surface area contributed by atoms with Gasteiger partial charge in [0.2, 0.25) is 5.91 Å². The summed E-state index contributed by atoms with van der Waals surface area (Å²) in [6, 6.07) is 13.8. The zero-order valence-corrected chi connectivity index (χ0v) is 17.1. The molecular formula is C22H15F4N3O2S. The van der Waals surface area contributed by atoms with Gasteiger partial charge in [0.25, 0.3) is 0 Å². The lowest BCUT2D eigenvalue weighted by molar-refractivity contribution is -0.137. The Bertz CT molecular complexity index is 1190. The van der Waals surface area contributed by atoms with Crippen LogP contribution in [0.3, 0.4) is 0 Å². The zero-order chi connectivity index (χ0) is 22.7. The van der Waals surface area contributed by atoms with E-state index in [1.165, 1.54) is 48.3 Å². The molecule has 1 aliphatic rings. The van der Waals surface area contributed by atoms with Crippen LogP contribution in [0, 0.1) is 5.82 Å². The van der Waals surface area contributed by atoms with E-state index in [9.17, 15) is 22.4 Å². The van der Waals surface area contributed by atoms with Crippen molar-refractivity contribution in [1.82, 2.24) is 5.32 Å². The Hall–Kier alpha value is -3.40. The van der Waals surface area contributed by atoms with Gasteiger partial charge in [0.05, 0.1) is 17.0 Å². The minimum absolute atomic E-state index is 0.224. The van der Waals surface area contributed by atoms with E-state index in [1.807, 2.05) is 0 Å². The lowest BCUT2D eigenvalue weighted by atomic mass is 10.1. The quantitative estimate of drug-likeness (QED) is 0.320. The Morgan fingerprint density at radius 2 is 1.88 bits per heavy atom. The average Bonchev–Trinajstić information content (AvgIpc) is 3.36. The second-order valence-corrected chi connectivity index (χ2v) is 8.05. The van der Waals surface area contributed by atoms with Crippen LogP contribution in [0.5, 0.6) is 0 Å². The monoisotopic (exact) mass is 461 g/mol. The minimum Gasteiger partial charge on any atom is -0.455 e. The summed E-state index contributed by atoms with van der Waals surface area (Å²) in [7, 11) is 0. The molecule has 1 aromatic heterocycles. The average molecular weight is 461 g/mol. The number of carbonyl (C=O) groups excluding carboxylic acids is 1. The van der Waals surface area contributed by atoms with Crippen molar-refractivity contribution in [3.05, 3.63) is 83.4 Å². The van der Waals surface area contributed by atoms with Crippen LogP contribution in [0.1, 0.15) is 16.9 Å². The summed E-state index contributed by atoms with van der Waals surface area (Å²) in [5.41, 5.74) is 0.340. The Morgan fingerprint density at radius 3 is 2.62 bits per heavy atom. The van der Waals surface area contributed by atoms with Crippen molar-refractivity contribution >= 4 is 29.1 Å². The van der Waals surface area contributed by atoms with Crippen LogP contribution >= 0.6 is 11.8 Å². The number of nitrogens with zero attached hydrogens (tertiary/aromatic N) is 2. The fourth-order valence-electron chi connectivity index (χ4n) is 2.99. The Morgan fingerprint density at radius 1 is 1.09 bits per heavy atom. The Kier molecular flexibility index (Phi) is 6.13. The fraction of sp³-hybridized carbons (Fsp3) is 0.136. The maximum absolute atomic E-state index is 13.0. The molecule has 0 saturated carbocycles. The van der Waals surface area contributed by atoms with E-state index >= 15 is 0 Å². The topological polar surface area (TPSA) is 67.0 Å². The van der Waals surface area contributed by atoms with Gasteiger partial charge in [-0.1, -0.05) is 36.0 Å². The van der Waals surface area contributed by atoms with E-state index in [2.05, 4.69) is 15.5 Å². The number of alkyl halides is 3. The van der Waals surface area contributed by atoms with Crippen molar-refractivity contribution in [2.75, 3.05) is 0 Å². The van der Waals surface area contributed by atoms with Gasteiger partial charge < -0.3 is 9.73 Å². The lowest BCUT2D eigenvalue weighted by Crippen LogP contribution is -2.25. The molecule has 10 heteroatoms. The SMILES string of the molecule is O=C1N/C(=N\N=C\c2ccc(-c3cccc(C(F)(F)F)c3)o2)SC1Cc1ccc(F)cc1. The second kappa shape index (κ2) is 8.99. The van der Waals surface area contributed by atoms with Gasteiger partial charge in [0.1, 0.15) is 17.3 Å². The third kappa shape index (κ3) is 5.25. The number of rotatable bonds is 5. The molecule has 2 aromatic carbocycles. The lowest BCUT2D eigenvalue weighted by Gasteiger charge is -2.07. The molecule has 5 nitrogen and oxygen atoms in total. The van der Waals surface area contributed by atoms with E-state index in [0.717, 1.165) is 17.7 Å². The third-order valence-corrected chi connectivity index (χ3v) is 5.62. The number of hydrogen-bond acceptors (Lipinski definition) is 5. The van der Waals surface area contributed by atoms with Gasteiger partial charge in [-0.05, 0) is 48.4 Å². The van der Waals surface area contributed by atoms with E-state index in [1.54, 1.807) is 18.2 Å². The molecule has 0 bridgehead atoms. The molecular weight excluding hydrogens is 446 g/mol. The first-order valence-electron chi connectivity index (χ1n) is 9.38. The van der Waals surface area contributed by atoms with Crippen LogP contribution in [-0.2, 0) is 17.4 Å². The third-order valence-electron chi connectivity index (χ3n) is 4.55. The highest BCUT2D eigenvalue weighted by molar-refractivity contribution is 8.15. The summed E-state index contributed by atoms with van der Waals surface area (Å²) in [6.45, 7) is 0. The van der Waals surface area contributed by atoms with Gasteiger partial charge in [-0.25, -0.2) is 4.39 Å². The predicted molar refractivity (Wildman–Crippen MR) is 114 cm³/mol. The molecule has 32 heavy (non-hydrogen) atoms. The van der Waals surface area contributed by atoms with E-state index in [4.69, 9.17) is 4.42 Å². The van der Waals surface area contributed by atoms with Crippen molar-refractivity contribution in [3.63, 3.8) is 0 Å². The van der Waals surface area contributed by atoms with Gasteiger partial charge in [-0.3, -0.25) is 4.79 Å². The first kappa shape index (κ1) is 21.8. The van der Waals surface area contributed by atoms with Gasteiger partial charge >= 0.3 is 6.18 Å². The fourth-order valence-corrected chi connectivity index (χ4v) is 3.95. The highest BCUT2D eigenvalue weighted by Crippen LogP contribution is 2.32. The van der Waals surface area contributed by atoms with Crippen LogP contribution in [0.4, 0.5) is 17.6 Å². The number of nitrogens with one attached hydrogen (secondary N) is 1. The first-order valence-corrected chi connectivity index (χ1v) is 10.3. The molecule has 3 aromatic rings. The molecule has 1 aliphatic heterocycles. The molecule has 1 unspecified atom stereocenters. The van der Waals surface area contributed by atoms with Crippen LogP contribution in [-0.4, -0.2) is 22.5 Å². The normalized spacial score (nSPS) is 17.9. The summed E-state index contributed by atoms with van der Waals surface area (Å²) >= 11 is 1.20. The number of amides is 1. The van der Waals surface area contributed by atoms with Gasteiger partial charge in [-0.15, -0.1) is 5.10 Å². The molecule has 0 radical (unpaired) electrons. The molecule has 1 amide bonds. The predicted octanol–water partition coefficient (Wildman–Crippen LogP) is 5.27. The second-order valence-electron chi connectivity index (χ2n) is 6.86. The highest BCUT2D eigenvalue weighted by Gasteiger charge is 2.31. The first-order chi connectivity index (χ1) is 15.3. The van der Waals surface area contributed by atoms with E-state index in [-0.39, 0.29) is 23.0 Å². The Labute approximate surface area is 184 Å². The van der Waals surface area contributed by atoms with Crippen LogP contribution in [0.15, 0.2) is 75.3 Å². The van der Waals surface area contributed by atoms with Gasteiger partial charge in [0.15, 0.2) is 5.17 Å². The maximum atomic E-state index is 13.0. The molecule has 1 fully saturated rings. The van der Waals surface area contributed by atoms with E-state index < -0.39 is 17.0 Å². The smallest absolute Gasteiger partial charge is 0.416 e. The molecule has 1 N–H and O–H groups in total. The molecule has 4 rings (SSSR count). The standard InChI is InChI=1S/C22H15F4N3O2S/c23-16-6-4-13(5-7-16)10-19-20(30)28-21(32-19)29-27-12-17-8-9-18(31-17)14-2-1-3-15(11-14)22(24,25)26/h1-9,11-12,19H,10H2,(H,28,29,30)/b27-12+. The molecule has 0 spiro atoms. The van der Waals surface area contributed by atoms with Gasteiger partial charge in [-0.2, -0.15) is 18.3 Å². The molecule has 2 heterocycles. The van der Waals surface area contributed by atoms with Crippen LogP contribution < -0.4 is 5.32 Å². The highest BCUT2D eigenvalue weighted by atomic mass is 32.2. The number of hydrogen-bond donors (Lipinski definition) is 1. The number of furan rings is 1. The number of benzene rings is 2. The molecule has 164 valence electrons. The molecule has 1 saturated heterocycles. The summed E-state index contributed by atoms with van der Waals surface area (Å²) < 4.78 is 57.2. The van der Waals surface area contributed by atoms with Gasteiger partial charge in [0, 0.05) is 5.56 Å². The number of halogens is 4. The van der Waals surface area contributed by atoms with Crippen molar-refractivity contribution in [3.8, 4) is 11.3 Å². The van der Waals surface area contributed by atoms with Crippen LogP contribution in [0.2, 0.25) is 0 Å². The number of amidine groups is 1. The summed E-state index contributed by atoms with van der Waals surface area (Å²) in [6.07, 6.45) is -2.73. The maximum Gasteiger partial charge on any atom is 0.416 e. The molecule has 1 atom stereocenters. The minimum atomic E-state index is -4.44. The molecule has 0 aliphatic carbocycles. The largest absolute Gasteiger partial charge is 0.455 e. The van der Waals surface area contributed by atoms with Crippen molar-refractivity contribution in [2.45, 2.75) is 17.8 Å². The summed E-state index contributed by atoms with van der Waals surface area (Å²) in [4.78, 5) is 12.1. The summed E-state index contributed by atoms with van der Waals surface area (Å²) in [5.74, 6) is -0.0202. The van der Waals surface area contributed by atoms with E-state index in [0.29, 0.717) is 17.3 Å².